The van der Waals surface area contributed by atoms with Crippen molar-refractivity contribution in [3.63, 3.8) is 0 Å². The van der Waals surface area contributed by atoms with E-state index < -0.39 is 48.0 Å². The van der Waals surface area contributed by atoms with Gasteiger partial charge >= 0.3 is 22.7 Å². The van der Waals surface area contributed by atoms with Gasteiger partial charge in [-0.3, -0.25) is 40.5 Å². The summed E-state index contributed by atoms with van der Waals surface area (Å²) in [4.78, 5) is 41.0. The predicted octanol–water partition coefficient (Wildman–Crippen LogP) is 3.15. The van der Waals surface area contributed by atoms with Crippen molar-refractivity contribution in [2.45, 2.75) is 0 Å². The van der Waals surface area contributed by atoms with Gasteiger partial charge in [-0.15, -0.1) is 0 Å². The second-order valence-corrected chi connectivity index (χ2v) is 5.78. The molecule has 3 rings (SSSR count). The lowest BCUT2D eigenvalue weighted by Crippen LogP contribution is -1.98. The van der Waals surface area contributed by atoms with Crippen molar-refractivity contribution in [1.29, 1.82) is 10.5 Å². The van der Waals surface area contributed by atoms with Gasteiger partial charge in [-0.2, -0.15) is 10.5 Å². The van der Waals surface area contributed by atoms with Gasteiger partial charge in [0.1, 0.15) is 17.7 Å². The molecule has 14 heteroatoms. The van der Waals surface area contributed by atoms with E-state index in [1.807, 2.05) is 0 Å². The Hall–Kier alpha value is -5.24. The Balaban J connectivity index is 2.56. The number of benzene rings is 2. The minimum Gasteiger partial charge on any atom is -0.258 e. The first kappa shape index (κ1) is 19.5. The molecule has 0 fully saturated rings. The van der Waals surface area contributed by atoms with Crippen LogP contribution >= 0.6 is 0 Å². The third-order valence-electron chi connectivity index (χ3n) is 4.32. The summed E-state index contributed by atoms with van der Waals surface area (Å²) in [6, 6.07) is 6.19. The molecule has 1 aliphatic carbocycles. The molecule has 2 aromatic rings. The molecule has 0 aromatic heterocycles. The Kier molecular flexibility index (Phi) is 4.38. The largest absolute Gasteiger partial charge is 0.346 e. The lowest BCUT2D eigenvalue weighted by Gasteiger charge is -2.03. The molecule has 0 heterocycles. The first-order valence-corrected chi connectivity index (χ1v) is 7.61. The third kappa shape index (κ3) is 2.74. The van der Waals surface area contributed by atoms with Crippen LogP contribution < -0.4 is 0 Å². The van der Waals surface area contributed by atoms with Gasteiger partial charge in [-0.05, 0) is 22.3 Å². The zero-order valence-electron chi connectivity index (χ0n) is 14.3. The molecule has 0 bridgehead atoms. The minimum absolute atomic E-state index is 0.113. The highest BCUT2D eigenvalue weighted by atomic mass is 16.6. The predicted molar refractivity (Wildman–Crippen MR) is 95.7 cm³/mol. The molecule has 0 saturated heterocycles. The SMILES string of the molecule is N#CC(C#N)=C1c2cc([N+](=O)[O-])c([N+](=O)[O-])cc2-c2cc([N+](=O)[O-])c([N+](=O)[O-])cc21. The topological polar surface area (TPSA) is 220 Å². The van der Waals surface area contributed by atoms with Gasteiger partial charge in [0.05, 0.1) is 19.7 Å². The van der Waals surface area contributed by atoms with Crippen LogP contribution in [-0.2, 0) is 0 Å². The number of allylic oxidation sites excluding steroid dienone is 1. The number of rotatable bonds is 4. The second kappa shape index (κ2) is 6.73. The first-order valence-electron chi connectivity index (χ1n) is 7.61. The average molecular weight is 408 g/mol. The van der Waals surface area contributed by atoms with E-state index in [2.05, 4.69) is 0 Å². The van der Waals surface area contributed by atoms with Crippen LogP contribution in [0.4, 0.5) is 22.7 Å². The summed E-state index contributed by atoms with van der Waals surface area (Å²) in [6.07, 6.45) is 0. The maximum Gasteiger partial charge on any atom is 0.346 e. The summed E-state index contributed by atoms with van der Waals surface area (Å²) >= 11 is 0. The van der Waals surface area contributed by atoms with Crippen molar-refractivity contribution in [3.05, 3.63) is 81.4 Å². The van der Waals surface area contributed by atoms with Crippen molar-refractivity contribution in [3.8, 4) is 23.3 Å². The summed E-state index contributed by atoms with van der Waals surface area (Å²) in [5, 5.41) is 63.6. The van der Waals surface area contributed by atoms with Crippen molar-refractivity contribution < 1.29 is 19.7 Å². The Morgan fingerprint density at radius 1 is 0.600 bits per heavy atom. The van der Waals surface area contributed by atoms with E-state index in [1.165, 1.54) is 0 Å². The van der Waals surface area contributed by atoms with Crippen LogP contribution in [0.2, 0.25) is 0 Å². The summed E-state index contributed by atoms with van der Waals surface area (Å²) in [7, 11) is 0. The molecular formula is C16H4N6O8. The van der Waals surface area contributed by atoms with Crippen LogP contribution in [0.1, 0.15) is 11.1 Å². The number of nitrogens with zero attached hydrogens (tertiary/aromatic N) is 6. The molecule has 0 radical (unpaired) electrons. The fraction of sp³-hybridized carbons (Fsp3) is 0. The van der Waals surface area contributed by atoms with Crippen molar-refractivity contribution >= 4 is 28.3 Å². The monoisotopic (exact) mass is 408 g/mol. The van der Waals surface area contributed by atoms with Crippen LogP contribution in [-0.4, -0.2) is 19.7 Å². The Bertz CT molecular complexity index is 1230. The van der Waals surface area contributed by atoms with Crippen LogP contribution in [0.25, 0.3) is 16.7 Å². The Morgan fingerprint density at radius 3 is 1.10 bits per heavy atom. The average Bonchev–Trinajstić information content (AvgIpc) is 2.99. The highest BCUT2D eigenvalue weighted by Gasteiger charge is 2.38. The fourth-order valence-electron chi connectivity index (χ4n) is 3.15. The van der Waals surface area contributed by atoms with E-state index >= 15 is 0 Å². The van der Waals surface area contributed by atoms with Gasteiger partial charge in [0, 0.05) is 29.8 Å². The number of hydrogen-bond acceptors (Lipinski definition) is 10. The Labute approximate surface area is 164 Å². The smallest absolute Gasteiger partial charge is 0.258 e. The van der Waals surface area contributed by atoms with E-state index in [0.717, 1.165) is 24.3 Å². The molecule has 0 atom stereocenters. The van der Waals surface area contributed by atoms with Crippen LogP contribution in [0.15, 0.2) is 29.8 Å². The molecule has 0 aliphatic heterocycles. The number of nitro benzene ring substituents is 4. The maximum absolute atomic E-state index is 11.3. The maximum atomic E-state index is 11.3. The lowest BCUT2D eigenvalue weighted by molar-refractivity contribution is -0.422. The number of nitro groups is 4. The summed E-state index contributed by atoms with van der Waals surface area (Å²) < 4.78 is 0. The normalized spacial score (nSPS) is 10.9. The van der Waals surface area contributed by atoms with E-state index in [4.69, 9.17) is 0 Å². The Morgan fingerprint density at radius 2 is 0.867 bits per heavy atom. The molecule has 146 valence electrons. The van der Waals surface area contributed by atoms with Crippen molar-refractivity contribution in [1.82, 2.24) is 0 Å². The highest BCUT2D eigenvalue weighted by molar-refractivity contribution is 6.06. The van der Waals surface area contributed by atoms with Crippen LogP contribution in [0.5, 0.6) is 0 Å². The third-order valence-corrected chi connectivity index (χ3v) is 4.32. The summed E-state index contributed by atoms with van der Waals surface area (Å²) in [5.74, 6) is 0. The molecule has 0 N–H and O–H groups in total. The van der Waals surface area contributed by atoms with Gasteiger partial charge in [0.2, 0.25) is 0 Å². The zero-order chi connectivity index (χ0) is 22.3. The molecule has 30 heavy (non-hydrogen) atoms. The molecule has 0 amide bonds. The standard InChI is InChI=1S/C16H4N6O8/c17-5-7(6-18)16-10-3-14(21(27)28)12(19(23)24)1-8(10)9-2-13(20(25)26)15(22(29)30)4-11(9)16/h1-4H. The number of nitriles is 2. The molecule has 14 nitrogen and oxygen atoms in total. The van der Waals surface area contributed by atoms with Gasteiger partial charge in [-0.1, -0.05) is 0 Å². The van der Waals surface area contributed by atoms with Crippen molar-refractivity contribution in [2.24, 2.45) is 0 Å². The molecule has 2 aromatic carbocycles. The lowest BCUT2D eigenvalue weighted by atomic mass is 9.98. The second-order valence-electron chi connectivity index (χ2n) is 5.78. The van der Waals surface area contributed by atoms with Gasteiger partial charge in [0.25, 0.3) is 0 Å². The van der Waals surface area contributed by atoms with Gasteiger partial charge in [-0.25, -0.2) is 0 Å². The van der Waals surface area contributed by atoms with E-state index in [9.17, 15) is 51.0 Å². The van der Waals surface area contributed by atoms with Crippen LogP contribution in [0, 0.1) is 63.1 Å². The molecule has 0 saturated carbocycles. The van der Waals surface area contributed by atoms with E-state index in [0.29, 0.717) is 0 Å². The number of fused-ring (bicyclic) bond motifs is 3. The molecule has 0 spiro atoms. The van der Waals surface area contributed by atoms with Gasteiger partial charge in [0.15, 0.2) is 0 Å². The highest BCUT2D eigenvalue weighted by Crippen LogP contribution is 2.51. The first-order chi connectivity index (χ1) is 14.1. The minimum atomic E-state index is -1.04. The van der Waals surface area contributed by atoms with Crippen LogP contribution in [0.3, 0.4) is 0 Å². The van der Waals surface area contributed by atoms with Crippen molar-refractivity contribution in [2.75, 3.05) is 0 Å². The summed E-state index contributed by atoms with van der Waals surface area (Å²) in [6.45, 7) is 0. The fourth-order valence-corrected chi connectivity index (χ4v) is 3.15. The molecule has 0 unspecified atom stereocenters. The molecule has 1 aliphatic rings. The van der Waals surface area contributed by atoms with Gasteiger partial charge < -0.3 is 0 Å². The van der Waals surface area contributed by atoms with E-state index in [-0.39, 0.29) is 27.8 Å². The molecular weight excluding hydrogens is 404 g/mol. The zero-order valence-corrected chi connectivity index (χ0v) is 14.3. The number of hydrogen-bond donors (Lipinski definition) is 0. The quantitative estimate of drug-likeness (QED) is 0.348. The van der Waals surface area contributed by atoms with E-state index in [1.54, 1.807) is 12.1 Å². The summed E-state index contributed by atoms with van der Waals surface area (Å²) in [5.41, 5.74) is -5.11.